The van der Waals surface area contributed by atoms with E-state index in [0.717, 1.165) is 31.1 Å². The largest absolute Gasteiger partial charge is 0.376 e. The SMILES string of the molecule is CNC(CCN1CC(C)OCC1C)c1cccc(Cl)c1. The fourth-order valence-electron chi connectivity index (χ4n) is 2.78. The van der Waals surface area contributed by atoms with Crippen LogP contribution in [0.25, 0.3) is 0 Å². The zero-order chi connectivity index (χ0) is 14.5. The first-order chi connectivity index (χ1) is 9.60. The third kappa shape index (κ3) is 4.19. The number of nitrogens with zero attached hydrogens (tertiary/aromatic N) is 1. The van der Waals surface area contributed by atoms with Gasteiger partial charge in [0.1, 0.15) is 0 Å². The van der Waals surface area contributed by atoms with Gasteiger partial charge in [-0.15, -0.1) is 0 Å². The highest BCUT2D eigenvalue weighted by Gasteiger charge is 2.23. The quantitative estimate of drug-likeness (QED) is 0.903. The summed E-state index contributed by atoms with van der Waals surface area (Å²) in [4.78, 5) is 2.52. The Morgan fingerprint density at radius 3 is 2.95 bits per heavy atom. The summed E-state index contributed by atoms with van der Waals surface area (Å²) in [6, 6.07) is 8.97. The van der Waals surface area contributed by atoms with Crippen molar-refractivity contribution in [2.24, 2.45) is 0 Å². The molecule has 4 heteroatoms. The molecule has 0 amide bonds. The van der Waals surface area contributed by atoms with E-state index in [9.17, 15) is 0 Å². The van der Waals surface area contributed by atoms with Gasteiger partial charge in [0.25, 0.3) is 0 Å². The number of rotatable bonds is 5. The van der Waals surface area contributed by atoms with Crippen LogP contribution < -0.4 is 5.32 Å². The molecule has 1 aliphatic rings. The normalized spacial score (nSPS) is 25.6. The molecular weight excluding hydrogens is 272 g/mol. The average molecular weight is 297 g/mol. The summed E-state index contributed by atoms with van der Waals surface area (Å²) in [5.41, 5.74) is 1.26. The number of ether oxygens (including phenoxy) is 1. The highest BCUT2D eigenvalue weighted by atomic mass is 35.5. The predicted molar refractivity (Wildman–Crippen MR) is 84.3 cm³/mol. The van der Waals surface area contributed by atoms with Crippen LogP contribution in [0, 0.1) is 0 Å². The predicted octanol–water partition coefficient (Wildman–Crippen LogP) is 3.10. The smallest absolute Gasteiger partial charge is 0.0674 e. The lowest BCUT2D eigenvalue weighted by Crippen LogP contribution is -2.48. The average Bonchev–Trinajstić information content (AvgIpc) is 2.43. The summed E-state index contributed by atoms with van der Waals surface area (Å²) in [7, 11) is 2.01. The molecule has 3 unspecified atom stereocenters. The van der Waals surface area contributed by atoms with Crippen molar-refractivity contribution in [3.63, 3.8) is 0 Å². The molecule has 1 aliphatic heterocycles. The van der Waals surface area contributed by atoms with Crippen LogP contribution in [0.2, 0.25) is 5.02 Å². The van der Waals surface area contributed by atoms with Crippen LogP contribution in [0.1, 0.15) is 31.9 Å². The summed E-state index contributed by atoms with van der Waals surface area (Å²) < 4.78 is 5.68. The van der Waals surface area contributed by atoms with Crippen LogP contribution in [0.5, 0.6) is 0 Å². The zero-order valence-electron chi connectivity index (χ0n) is 12.6. The fourth-order valence-corrected chi connectivity index (χ4v) is 2.98. The van der Waals surface area contributed by atoms with E-state index in [1.54, 1.807) is 0 Å². The van der Waals surface area contributed by atoms with Gasteiger partial charge in [-0.05, 0) is 45.0 Å². The maximum Gasteiger partial charge on any atom is 0.0674 e. The molecule has 1 fully saturated rings. The van der Waals surface area contributed by atoms with Gasteiger partial charge in [-0.3, -0.25) is 4.90 Å². The third-order valence-corrected chi connectivity index (χ3v) is 4.28. The van der Waals surface area contributed by atoms with Crippen LogP contribution in [0.3, 0.4) is 0 Å². The van der Waals surface area contributed by atoms with Gasteiger partial charge in [-0.2, -0.15) is 0 Å². The molecule has 0 aromatic heterocycles. The molecule has 1 heterocycles. The van der Waals surface area contributed by atoms with E-state index in [-0.39, 0.29) is 0 Å². The lowest BCUT2D eigenvalue weighted by atomic mass is 10.0. The molecule has 3 nitrogen and oxygen atoms in total. The van der Waals surface area contributed by atoms with Gasteiger partial charge in [0.15, 0.2) is 0 Å². The minimum absolute atomic E-state index is 0.338. The summed E-state index contributed by atoms with van der Waals surface area (Å²) in [5, 5.41) is 4.20. The van der Waals surface area contributed by atoms with Gasteiger partial charge >= 0.3 is 0 Å². The fraction of sp³-hybridized carbons (Fsp3) is 0.625. The zero-order valence-corrected chi connectivity index (χ0v) is 13.4. The standard InChI is InChI=1S/C16H25ClN2O/c1-12-11-20-13(2)10-19(12)8-7-16(18-3)14-5-4-6-15(17)9-14/h4-6,9,12-13,16,18H,7-8,10-11H2,1-3H3. The minimum Gasteiger partial charge on any atom is -0.376 e. The van der Waals surface area contributed by atoms with Crippen molar-refractivity contribution in [1.29, 1.82) is 0 Å². The van der Waals surface area contributed by atoms with E-state index >= 15 is 0 Å². The maximum atomic E-state index is 6.08. The van der Waals surface area contributed by atoms with E-state index < -0.39 is 0 Å². The Morgan fingerprint density at radius 2 is 2.25 bits per heavy atom. The number of morpholine rings is 1. The van der Waals surface area contributed by atoms with Crippen LogP contribution in [-0.2, 0) is 4.74 Å². The second kappa shape index (κ2) is 7.41. The number of hydrogen-bond donors (Lipinski definition) is 1. The summed E-state index contributed by atoms with van der Waals surface area (Å²) in [6.45, 7) is 7.31. The lowest BCUT2D eigenvalue weighted by molar-refractivity contribution is -0.0502. The molecular formula is C16H25ClN2O. The van der Waals surface area contributed by atoms with Crippen LogP contribution in [-0.4, -0.2) is 43.8 Å². The van der Waals surface area contributed by atoms with Crippen molar-refractivity contribution < 1.29 is 4.74 Å². The molecule has 0 saturated carbocycles. The Balaban J connectivity index is 1.93. The molecule has 3 atom stereocenters. The lowest BCUT2D eigenvalue weighted by Gasteiger charge is -2.37. The Hall–Kier alpha value is -0.610. The first-order valence-electron chi connectivity index (χ1n) is 7.38. The van der Waals surface area contributed by atoms with E-state index in [1.807, 2.05) is 25.2 Å². The second-order valence-electron chi connectivity index (χ2n) is 5.67. The first-order valence-corrected chi connectivity index (χ1v) is 7.76. The Kier molecular flexibility index (Phi) is 5.85. The topological polar surface area (TPSA) is 24.5 Å². The molecule has 112 valence electrons. The molecule has 0 aliphatic carbocycles. The Labute approximate surface area is 127 Å². The van der Waals surface area contributed by atoms with Crippen molar-refractivity contribution in [2.45, 2.75) is 38.5 Å². The van der Waals surface area contributed by atoms with Crippen LogP contribution in [0.15, 0.2) is 24.3 Å². The number of benzene rings is 1. The van der Waals surface area contributed by atoms with Gasteiger partial charge in [0.2, 0.25) is 0 Å². The molecule has 1 aromatic rings. The molecule has 1 aromatic carbocycles. The third-order valence-electron chi connectivity index (χ3n) is 4.04. The highest BCUT2D eigenvalue weighted by molar-refractivity contribution is 6.30. The Morgan fingerprint density at radius 1 is 1.45 bits per heavy atom. The van der Waals surface area contributed by atoms with E-state index in [2.05, 4.69) is 30.1 Å². The van der Waals surface area contributed by atoms with Gasteiger partial charge in [-0.25, -0.2) is 0 Å². The summed E-state index contributed by atoms with van der Waals surface area (Å²) >= 11 is 6.08. The maximum absolute atomic E-state index is 6.08. The van der Waals surface area contributed by atoms with Crippen molar-refractivity contribution >= 4 is 11.6 Å². The Bertz CT molecular complexity index is 427. The van der Waals surface area contributed by atoms with Crippen LogP contribution >= 0.6 is 11.6 Å². The number of halogens is 1. The molecule has 0 radical (unpaired) electrons. The first kappa shape index (κ1) is 15.8. The number of hydrogen-bond acceptors (Lipinski definition) is 3. The molecule has 1 N–H and O–H groups in total. The van der Waals surface area contributed by atoms with Gasteiger partial charge in [0, 0.05) is 30.2 Å². The molecule has 2 rings (SSSR count). The monoisotopic (exact) mass is 296 g/mol. The van der Waals surface area contributed by atoms with Crippen molar-refractivity contribution in [2.75, 3.05) is 26.7 Å². The van der Waals surface area contributed by atoms with Gasteiger partial charge in [0.05, 0.1) is 12.7 Å². The van der Waals surface area contributed by atoms with Crippen molar-refractivity contribution in [3.05, 3.63) is 34.9 Å². The molecule has 0 bridgehead atoms. The minimum atomic E-state index is 0.338. The number of nitrogens with one attached hydrogen (secondary N) is 1. The van der Waals surface area contributed by atoms with Crippen LogP contribution in [0.4, 0.5) is 0 Å². The highest BCUT2D eigenvalue weighted by Crippen LogP contribution is 2.21. The summed E-state index contributed by atoms with van der Waals surface area (Å²) in [5.74, 6) is 0. The van der Waals surface area contributed by atoms with Crippen molar-refractivity contribution in [1.82, 2.24) is 10.2 Å². The molecule has 20 heavy (non-hydrogen) atoms. The molecule has 1 saturated heterocycles. The van der Waals surface area contributed by atoms with E-state index in [4.69, 9.17) is 16.3 Å². The van der Waals surface area contributed by atoms with Gasteiger partial charge < -0.3 is 10.1 Å². The van der Waals surface area contributed by atoms with E-state index in [1.165, 1.54) is 5.56 Å². The summed E-state index contributed by atoms with van der Waals surface area (Å²) in [6.07, 6.45) is 1.42. The van der Waals surface area contributed by atoms with Crippen molar-refractivity contribution in [3.8, 4) is 0 Å². The molecule has 0 spiro atoms. The second-order valence-corrected chi connectivity index (χ2v) is 6.11. The van der Waals surface area contributed by atoms with E-state index in [0.29, 0.717) is 18.2 Å². The van der Waals surface area contributed by atoms with Gasteiger partial charge in [-0.1, -0.05) is 23.7 Å².